The minimum absolute atomic E-state index is 0.000486. The molecule has 1 aliphatic carbocycles. The highest BCUT2D eigenvalue weighted by molar-refractivity contribution is 5.78. The van der Waals surface area contributed by atoms with Crippen LogP contribution in [0.25, 0.3) is 23.3 Å². The molecule has 1 heterocycles. The average Bonchev–Trinajstić information content (AvgIpc) is 3.10. The fourth-order valence-corrected chi connectivity index (χ4v) is 5.06. The molecular weight excluding hydrogens is 458 g/mol. The predicted molar refractivity (Wildman–Crippen MR) is 145 cm³/mol. The van der Waals surface area contributed by atoms with E-state index in [4.69, 9.17) is 4.74 Å². The number of nitrogens with one attached hydrogen (secondary N) is 1. The van der Waals surface area contributed by atoms with Crippen LogP contribution in [0.1, 0.15) is 71.8 Å². The first-order valence-corrected chi connectivity index (χ1v) is 12.7. The maximum Gasteiger partial charge on any atom is 0.249 e. The molecule has 2 aromatic rings. The van der Waals surface area contributed by atoms with Gasteiger partial charge in [-0.3, -0.25) is 4.79 Å². The number of rotatable bonds is 8. The van der Waals surface area contributed by atoms with Gasteiger partial charge >= 0.3 is 0 Å². The lowest BCUT2D eigenvalue weighted by Crippen LogP contribution is -2.45. The van der Waals surface area contributed by atoms with Gasteiger partial charge in [-0.25, -0.2) is 8.78 Å². The van der Waals surface area contributed by atoms with Gasteiger partial charge in [0.05, 0.1) is 7.11 Å². The van der Waals surface area contributed by atoms with E-state index in [2.05, 4.69) is 35.6 Å². The van der Waals surface area contributed by atoms with Crippen LogP contribution in [-0.4, -0.2) is 23.5 Å². The summed E-state index contributed by atoms with van der Waals surface area (Å²) in [6.45, 7) is 13.6. The number of carbonyl (C=O) groups is 1. The lowest BCUT2D eigenvalue weighted by atomic mass is 9.62. The smallest absolute Gasteiger partial charge is 0.249 e. The van der Waals surface area contributed by atoms with Crippen LogP contribution in [-0.2, 0) is 11.8 Å². The summed E-state index contributed by atoms with van der Waals surface area (Å²) in [6, 6.07) is 6.13. The van der Waals surface area contributed by atoms with Gasteiger partial charge in [0.25, 0.3) is 0 Å². The quantitative estimate of drug-likeness (QED) is 0.466. The zero-order chi connectivity index (χ0) is 27.1. The van der Waals surface area contributed by atoms with Crippen molar-refractivity contribution in [2.45, 2.75) is 79.1 Å². The number of hydrogen-bond donors (Lipinski definition) is 1. The molecule has 1 aromatic heterocycles. The third-order valence-corrected chi connectivity index (χ3v) is 6.87. The standard InChI is InChI=1S/C20H24N2O2.C10H18F2/c1-7-20-18(10-14(3)21-15(4)23)19(12-22(20)5)16-8-13(2)9-17(11-16)24-6;1-3-5-6-9(4-2)7-10(11,12)8-9/h7-12H,3H2,1-2,4-6H3,(H,21,23);3-8H2,1-2H3/b18-10-,20-7+;. The van der Waals surface area contributed by atoms with Gasteiger partial charge < -0.3 is 14.6 Å². The minimum Gasteiger partial charge on any atom is -0.497 e. The number of amides is 1. The Labute approximate surface area is 214 Å². The number of ether oxygens (including phenoxy) is 1. The van der Waals surface area contributed by atoms with Crippen LogP contribution in [0.4, 0.5) is 8.78 Å². The highest BCUT2D eigenvalue weighted by Crippen LogP contribution is 2.56. The van der Waals surface area contributed by atoms with E-state index >= 15 is 0 Å². The lowest BCUT2D eigenvalue weighted by molar-refractivity contribution is -0.165. The molecule has 1 aliphatic rings. The Kier molecular flexibility index (Phi) is 10.1. The molecule has 0 saturated heterocycles. The van der Waals surface area contributed by atoms with Crippen LogP contribution in [0.3, 0.4) is 0 Å². The molecular formula is C30H42F2N2O2. The Hall–Kier alpha value is -2.89. The summed E-state index contributed by atoms with van der Waals surface area (Å²) in [5.41, 5.74) is 3.83. The summed E-state index contributed by atoms with van der Waals surface area (Å²) in [6.07, 6.45) is 10.4. The Morgan fingerprint density at radius 3 is 2.42 bits per heavy atom. The van der Waals surface area contributed by atoms with Crippen LogP contribution in [0.2, 0.25) is 0 Å². The molecule has 0 atom stereocenters. The topological polar surface area (TPSA) is 43.3 Å². The van der Waals surface area contributed by atoms with Crippen LogP contribution in [0.15, 0.2) is 36.7 Å². The second-order valence-electron chi connectivity index (χ2n) is 10.00. The lowest BCUT2D eigenvalue weighted by Gasteiger charge is -2.47. The van der Waals surface area contributed by atoms with E-state index in [1.165, 1.54) is 6.92 Å². The fourth-order valence-electron chi connectivity index (χ4n) is 5.06. The van der Waals surface area contributed by atoms with Gasteiger partial charge in [0.2, 0.25) is 11.8 Å². The van der Waals surface area contributed by atoms with E-state index in [-0.39, 0.29) is 24.2 Å². The number of allylic oxidation sites excluding steroid dienone is 1. The van der Waals surface area contributed by atoms with Gasteiger partial charge in [0, 0.05) is 54.8 Å². The summed E-state index contributed by atoms with van der Waals surface area (Å²) in [4.78, 5) is 11.3. The molecule has 4 nitrogen and oxygen atoms in total. The summed E-state index contributed by atoms with van der Waals surface area (Å²) in [7, 11) is 3.67. The Morgan fingerprint density at radius 2 is 1.92 bits per heavy atom. The number of nitrogens with zero attached hydrogens (tertiary/aromatic N) is 1. The van der Waals surface area contributed by atoms with Crippen molar-refractivity contribution in [2.75, 3.05) is 7.11 Å². The molecule has 6 heteroatoms. The second-order valence-corrected chi connectivity index (χ2v) is 10.00. The molecule has 3 rings (SSSR count). The monoisotopic (exact) mass is 500 g/mol. The largest absolute Gasteiger partial charge is 0.497 e. The molecule has 1 N–H and O–H groups in total. The SMILES string of the molecule is C=C(/C=c1/c(-c2cc(C)cc(OC)c2)cn(C)/c1=C/C)NC(C)=O.CCCCC1(CC)CC(F)(F)C1. The maximum absolute atomic E-state index is 12.6. The predicted octanol–water partition coefficient (Wildman–Crippen LogP) is 6.24. The van der Waals surface area contributed by atoms with Crippen molar-refractivity contribution in [3.8, 4) is 16.9 Å². The van der Waals surface area contributed by atoms with Crippen LogP contribution < -0.4 is 20.6 Å². The molecule has 198 valence electrons. The van der Waals surface area contributed by atoms with Crippen molar-refractivity contribution in [3.63, 3.8) is 0 Å². The van der Waals surface area contributed by atoms with E-state index in [9.17, 15) is 13.6 Å². The van der Waals surface area contributed by atoms with Crippen molar-refractivity contribution in [1.82, 2.24) is 9.88 Å². The number of hydrogen-bond acceptors (Lipinski definition) is 2. The third kappa shape index (κ3) is 7.55. The van der Waals surface area contributed by atoms with Crippen molar-refractivity contribution in [2.24, 2.45) is 12.5 Å². The van der Waals surface area contributed by atoms with E-state index in [1.807, 2.05) is 52.1 Å². The number of aryl methyl sites for hydroxylation is 2. The van der Waals surface area contributed by atoms with Crippen LogP contribution in [0, 0.1) is 12.3 Å². The van der Waals surface area contributed by atoms with Crippen LogP contribution in [0.5, 0.6) is 5.75 Å². The molecule has 0 spiro atoms. The number of carbonyl (C=O) groups excluding carboxylic acids is 1. The molecule has 1 fully saturated rings. The van der Waals surface area contributed by atoms with Gasteiger partial charge in [0.1, 0.15) is 5.75 Å². The first-order valence-electron chi connectivity index (χ1n) is 12.7. The summed E-state index contributed by atoms with van der Waals surface area (Å²) < 4.78 is 32.8. The van der Waals surface area contributed by atoms with E-state index in [0.717, 1.165) is 58.7 Å². The number of methoxy groups -OCH3 is 1. The van der Waals surface area contributed by atoms with E-state index < -0.39 is 5.92 Å². The number of aromatic nitrogens is 1. The van der Waals surface area contributed by atoms with Gasteiger partial charge in [-0.15, -0.1) is 0 Å². The first-order chi connectivity index (χ1) is 16.9. The number of halogens is 2. The molecule has 1 aromatic carbocycles. The maximum atomic E-state index is 12.6. The van der Waals surface area contributed by atoms with E-state index in [0.29, 0.717) is 5.70 Å². The van der Waals surface area contributed by atoms with Gasteiger partial charge in [0.15, 0.2) is 0 Å². The normalized spacial score (nSPS) is 16.6. The Bertz CT molecular complexity index is 1190. The first kappa shape index (κ1) is 29.3. The summed E-state index contributed by atoms with van der Waals surface area (Å²) in [5, 5.41) is 4.81. The number of benzene rings is 1. The van der Waals surface area contributed by atoms with Crippen LogP contribution >= 0.6 is 0 Å². The van der Waals surface area contributed by atoms with Crippen molar-refractivity contribution >= 4 is 18.1 Å². The number of alkyl halides is 2. The molecule has 0 unspecified atom stereocenters. The molecule has 1 saturated carbocycles. The molecule has 0 radical (unpaired) electrons. The zero-order valence-corrected chi connectivity index (χ0v) is 22.9. The summed E-state index contributed by atoms with van der Waals surface area (Å²) in [5.74, 6) is -1.65. The van der Waals surface area contributed by atoms with Gasteiger partial charge in [-0.2, -0.15) is 0 Å². The molecule has 0 bridgehead atoms. The molecule has 1 amide bonds. The minimum atomic E-state index is -2.34. The Balaban J connectivity index is 0.000000319. The molecule has 36 heavy (non-hydrogen) atoms. The zero-order valence-electron chi connectivity index (χ0n) is 22.9. The van der Waals surface area contributed by atoms with Gasteiger partial charge in [-0.05, 0) is 55.0 Å². The van der Waals surface area contributed by atoms with E-state index in [1.54, 1.807) is 7.11 Å². The highest BCUT2D eigenvalue weighted by atomic mass is 19.3. The van der Waals surface area contributed by atoms with Crippen molar-refractivity contribution in [1.29, 1.82) is 0 Å². The fraction of sp³-hybridized carbons (Fsp3) is 0.500. The Morgan fingerprint density at radius 1 is 1.25 bits per heavy atom. The summed E-state index contributed by atoms with van der Waals surface area (Å²) >= 11 is 0. The third-order valence-electron chi connectivity index (χ3n) is 6.87. The van der Waals surface area contributed by atoms with Gasteiger partial charge in [-0.1, -0.05) is 51.8 Å². The molecule has 0 aliphatic heterocycles. The van der Waals surface area contributed by atoms with Crippen molar-refractivity contribution in [3.05, 3.63) is 52.8 Å². The van der Waals surface area contributed by atoms with Crippen molar-refractivity contribution < 1.29 is 18.3 Å². The second kappa shape index (κ2) is 12.4. The average molecular weight is 501 g/mol. The number of unbranched alkanes of at least 4 members (excludes halogenated alkanes) is 1. The highest BCUT2D eigenvalue weighted by Gasteiger charge is 2.54.